The molecular weight excluding hydrogens is 202 g/mol. The first-order valence-electron chi connectivity index (χ1n) is 6.37. The Morgan fingerprint density at radius 2 is 1.75 bits per heavy atom. The summed E-state index contributed by atoms with van der Waals surface area (Å²) in [5, 5.41) is 18.7. The Balaban J connectivity index is 2.64. The Hall–Kier alpha value is -0.120. The minimum absolute atomic E-state index is 0.0511. The smallest absolute Gasteiger partial charge is 0.0519 e. The van der Waals surface area contributed by atoms with Gasteiger partial charge in [-0.05, 0) is 25.2 Å². The number of aliphatic hydroxyl groups excluding tert-OH is 2. The summed E-state index contributed by atoms with van der Waals surface area (Å²) in [7, 11) is 0. The summed E-state index contributed by atoms with van der Waals surface area (Å²) in [6.07, 6.45) is 1.28. The molecular formula is C13H27NO2. The fraction of sp³-hybridized carbons (Fsp3) is 1.00. The average Bonchev–Trinajstić information content (AvgIpc) is 2.25. The van der Waals surface area contributed by atoms with Crippen molar-refractivity contribution in [3.63, 3.8) is 0 Å². The van der Waals surface area contributed by atoms with Gasteiger partial charge in [-0.3, -0.25) is 4.90 Å². The molecule has 1 aliphatic rings. The van der Waals surface area contributed by atoms with Gasteiger partial charge in [0.25, 0.3) is 0 Å². The summed E-state index contributed by atoms with van der Waals surface area (Å²) >= 11 is 0. The molecule has 1 saturated heterocycles. The highest BCUT2D eigenvalue weighted by Gasteiger charge is 2.33. The molecule has 3 unspecified atom stereocenters. The van der Waals surface area contributed by atoms with E-state index in [1.165, 1.54) is 6.42 Å². The molecule has 0 saturated carbocycles. The third kappa shape index (κ3) is 3.19. The number of hydrogen-bond acceptors (Lipinski definition) is 3. The van der Waals surface area contributed by atoms with Gasteiger partial charge in [-0.25, -0.2) is 0 Å². The van der Waals surface area contributed by atoms with Gasteiger partial charge in [0, 0.05) is 24.5 Å². The summed E-state index contributed by atoms with van der Waals surface area (Å²) in [5.74, 6) is 1.42. The predicted octanol–water partition coefficient (Wildman–Crippen LogP) is 1.34. The molecule has 3 nitrogen and oxygen atoms in total. The second-order valence-electron chi connectivity index (χ2n) is 6.12. The molecule has 0 bridgehead atoms. The van der Waals surface area contributed by atoms with Gasteiger partial charge in [0.05, 0.1) is 13.2 Å². The Morgan fingerprint density at radius 3 is 2.25 bits per heavy atom. The highest BCUT2D eigenvalue weighted by atomic mass is 16.3. The van der Waals surface area contributed by atoms with E-state index in [4.69, 9.17) is 0 Å². The maximum atomic E-state index is 9.35. The first kappa shape index (κ1) is 13.9. The van der Waals surface area contributed by atoms with E-state index in [2.05, 4.69) is 25.7 Å². The molecule has 1 heterocycles. The molecule has 2 N–H and O–H groups in total. The molecule has 3 atom stereocenters. The Bertz CT molecular complexity index is 216. The number of rotatable bonds is 4. The number of nitrogens with zero attached hydrogens (tertiary/aromatic N) is 1. The van der Waals surface area contributed by atoms with Crippen LogP contribution in [0.3, 0.4) is 0 Å². The minimum atomic E-state index is -0.370. The van der Waals surface area contributed by atoms with Crippen LogP contribution in [0.4, 0.5) is 0 Å². The van der Waals surface area contributed by atoms with E-state index in [0.29, 0.717) is 17.9 Å². The zero-order valence-corrected chi connectivity index (χ0v) is 11.1. The van der Waals surface area contributed by atoms with Crippen LogP contribution in [0.2, 0.25) is 0 Å². The molecule has 0 aromatic carbocycles. The summed E-state index contributed by atoms with van der Waals surface area (Å²) in [5.41, 5.74) is -0.370. The van der Waals surface area contributed by atoms with Crippen molar-refractivity contribution in [1.82, 2.24) is 4.90 Å². The lowest BCUT2D eigenvalue weighted by molar-refractivity contribution is -0.00741. The van der Waals surface area contributed by atoms with E-state index in [-0.39, 0.29) is 18.6 Å². The second kappa shape index (κ2) is 5.48. The van der Waals surface area contributed by atoms with Gasteiger partial charge in [-0.2, -0.15) is 0 Å². The molecule has 0 radical (unpaired) electrons. The van der Waals surface area contributed by atoms with Gasteiger partial charge in [-0.15, -0.1) is 0 Å². The lowest BCUT2D eigenvalue weighted by atomic mass is 9.83. The third-order valence-corrected chi connectivity index (χ3v) is 4.07. The molecule has 0 aromatic heterocycles. The number of aliphatic hydroxyl groups is 2. The van der Waals surface area contributed by atoms with Gasteiger partial charge in [0.15, 0.2) is 0 Å². The summed E-state index contributed by atoms with van der Waals surface area (Å²) in [4.78, 5) is 2.42. The SMILES string of the molecule is CC1CC(C)C(C)N(CC(C)(CO)CO)C1. The topological polar surface area (TPSA) is 43.7 Å². The first-order valence-corrected chi connectivity index (χ1v) is 6.37. The number of likely N-dealkylation sites (tertiary alicyclic amines) is 1. The van der Waals surface area contributed by atoms with Gasteiger partial charge in [-0.1, -0.05) is 20.8 Å². The van der Waals surface area contributed by atoms with E-state index < -0.39 is 0 Å². The molecule has 1 fully saturated rings. The Morgan fingerprint density at radius 1 is 1.19 bits per heavy atom. The van der Waals surface area contributed by atoms with Crippen LogP contribution >= 0.6 is 0 Å². The zero-order valence-electron chi connectivity index (χ0n) is 11.1. The number of hydrogen-bond donors (Lipinski definition) is 2. The number of piperidine rings is 1. The standard InChI is InChI=1S/C13H27NO2/c1-10-5-11(2)12(3)14(6-10)7-13(4,8-15)9-16/h10-12,15-16H,5-9H2,1-4H3. The molecule has 0 aliphatic carbocycles. The highest BCUT2D eigenvalue weighted by Crippen LogP contribution is 2.29. The Kier molecular flexibility index (Phi) is 4.77. The maximum absolute atomic E-state index is 9.35. The summed E-state index contributed by atoms with van der Waals surface area (Å²) in [6.45, 7) is 10.8. The van der Waals surface area contributed by atoms with E-state index in [1.54, 1.807) is 0 Å². The molecule has 0 amide bonds. The molecule has 0 aromatic rings. The van der Waals surface area contributed by atoms with Crippen molar-refractivity contribution in [3.8, 4) is 0 Å². The van der Waals surface area contributed by atoms with Crippen LogP contribution in [0, 0.1) is 17.3 Å². The van der Waals surface area contributed by atoms with Crippen molar-refractivity contribution in [1.29, 1.82) is 0 Å². The van der Waals surface area contributed by atoms with Crippen LogP contribution in [-0.2, 0) is 0 Å². The minimum Gasteiger partial charge on any atom is -0.396 e. The summed E-state index contributed by atoms with van der Waals surface area (Å²) < 4.78 is 0. The van der Waals surface area contributed by atoms with Gasteiger partial charge in [0.2, 0.25) is 0 Å². The van der Waals surface area contributed by atoms with Crippen molar-refractivity contribution in [2.75, 3.05) is 26.3 Å². The largest absolute Gasteiger partial charge is 0.396 e. The van der Waals surface area contributed by atoms with Crippen molar-refractivity contribution >= 4 is 0 Å². The summed E-state index contributed by atoms with van der Waals surface area (Å²) in [6, 6.07) is 0.550. The molecule has 3 heteroatoms. The lowest BCUT2D eigenvalue weighted by Crippen LogP contribution is -2.51. The highest BCUT2D eigenvalue weighted by molar-refractivity contribution is 4.86. The fourth-order valence-electron chi connectivity index (χ4n) is 2.68. The van der Waals surface area contributed by atoms with Crippen LogP contribution < -0.4 is 0 Å². The lowest BCUT2D eigenvalue weighted by Gasteiger charge is -2.44. The quantitative estimate of drug-likeness (QED) is 0.764. The van der Waals surface area contributed by atoms with Crippen molar-refractivity contribution in [2.45, 2.75) is 40.2 Å². The average molecular weight is 229 g/mol. The van der Waals surface area contributed by atoms with Crippen LogP contribution in [-0.4, -0.2) is 47.5 Å². The second-order valence-corrected chi connectivity index (χ2v) is 6.12. The zero-order chi connectivity index (χ0) is 12.3. The van der Waals surface area contributed by atoms with Crippen molar-refractivity contribution in [3.05, 3.63) is 0 Å². The van der Waals surface area contributed by atoms with Gasteiger partial charge < -0.3 is 10.2 Å². The molecule has 16 heavy (non-hydrogen) atoms. The van der Waals surface area contributed by atoms with E-state index in [9.17, 15) is 10.2 Å². The Labute approximate surface area is 99.5 Å². The predicted molar refractivity (Wildman–Crippen MR) is 66.3 cm³/mol. The molecule has 1 aliphatic heterocycles. The van der Waals surface area contributed by atoms with Crippen LogP contribution in [0.15, 0.2) is 0 Å². The molecule has 1 rings (SSSR count). The monoisotopic (exact) mass is 229 g/mol. The van der Waals surface area contributed by atoms with Crippen molar-refractivity contribution < 1.29 is 10.2 Å². The first-order chi connectivity index (χ1) is 7.41. The third-order valence-electron chi connectivity index (χ3n) is 4.07. The van der Waals surface area contributed by atoms with Crippen LogP contribution in [0.1, 0.15) is 34.1 Å². The van der Waals surface area contributed by atoms with E-state index in [0.717, 1.165) is 13.1 Å². The van der Waals surface area contributed by atoms with E-state index >= 15 is 0 Å². The van der Waals surface area contributed by atoms with Crippen molar-refractivity contribution in [2.24, 2.45) is 17.3 Å². The van der Waals surface area contributed by atoms with Gasteiger partial charge >= 0.3 is 0 Å². The van der Waals surface area contributed by atoms with Crippen LogP contribution in [0.5, 0.6) is 0 Å². The normalized spacial score (nSPS) is 33.0. The maximum Gasteiger partial charge on any atom is 0.0519 e. The molecule has 0 spiro atoms. The molecule has 96 valence electrons. The fourth-order valence-corrected chi connectivity index (χ4v) is 2.68. The van der Waals surface area contributed by atoms with E-state index in [1.807, 2.05) is 6.92 Å². The van der Waals surface area contributed by atoms with Crippen LogP contribution in [0.25, 0.3) is 0 Å². The van der Waals surface area contributed by atoms with Gasteiger partial charge in [0.1, 0.15) is 0 Å².